The predicted molar refractivity (Wildman–Crippen MR) is 89.0 cm³/mol. The Balaban J connectivity index is 1.33. The first kappa shape index (κ1) is 13.6. The average molecular weight is 309 g/mol. The van der Waals surface area contributed by atoms with E-state index in [-0.39, 0.29) is 5.91 Å². The highest BCUT2D eigenvalue weighted by atomic mass is 16.1. The van der Waals surface area contributed by atoms with E-state index < -0.39 is 0 Å². The Hall–Kier alpha value is -1.84. The fourth-order valence-corrected chi connectivity index (χ4v) is 5.99. The second-order valence-electron chi connectivity index (χ2n) is 8.22. The van der Waals surface area contributed by atoms with Crippen molar-refractivity contribution in [2.45, 2.75) is 38.5 Å². The summed E-state index contributed by atoms with van der Waals surface area (Å²) >= 11 is 0. The van der Waals surface area contributed by atoms with Crippen molar-refractivity contribution in [1.82, 2.24) is 15.5 Å². The van der Waals surface area contributed by atoms with Gasteiger partial charge in [0.2, 0.25) is 0 Å². The highest BCUT2D eigenvalue weighted by molar-refractivity contribution is 6.04. The van der Waals surface area contributed by atoms with Gasteiger partial charge in [-0.3, -0.25) is 9.89 Å². The lowest BCUT2D eigenvalue weighted by molar-refractivity contribution is -0.0503. The summed E-state index contributed by atoms with van der Waals surface area (Å²) in [7, 11) is 0. The number of benzene rings is 1. The molecule has 4 saturated carbocycles. The normalized spacial score (nSPS) is 34.9. The molecule has 1 aromatic carbocycles. The number of carbonyl (C=O) groups is 1. The van der Waals surface area contributed by atoms with Crippen LogP contribution in [0, 0.1) is 23.2 Å². The molecule has 4 bridgehead atoms. The summed E-state index contributed by atoms with van der Waals surface area (Å²) < 4.78 is 0. The largest absolute Gasteiger partial charge is 0.350 e. The topological polar surface area (TPSA) is 57.8 Å². The minimum absolute atomic E-state index is 0.0294. The van der Waals surface area contributed by atoms with Crippen molar-refractivity contribution in [1.29, 1.82) is 0 Å². The first-order valence-electron chi connectivity index (χ1n) is 8.92. The zero-order valence-corrected chi connectivity index (χ0v) is 13.3. The molecule has 1 heterocycles. The molecule has 6 rings (SSSR count). The summed E-state index contributed by atoms with van der Waals surface area (Å²) in [6, 6.07) is 7.82. The number of carbonyl (C=O) groups excluding carboxylic acids is 1. The van der Waals surface area contributed by atoms with Crippen molar-refractivity contribution >= 4 is 16.8 Å². The molecule has 0 atom stereocenters. The number of nitrogens with zero attached hydrogens (tertiary/aromatic N) is 1. The quantitative estimate of drug-likeness (QED) is 0.911. The first-order valence-corrected chi connectivity index (χ1v) is 8.92. The van der Waals surface area contributed by atoms with E-state index in [1.165, 1.54) is 38.5 Å². The Kier molecular flexibility index (Phi) is 2.85. The van der Waals surface area contributed by atoms with Crippen LogP contribution >= 0.6 is 0 Å². The van der Waals surface area contributed by atoms with Gasteiger partial charge in [-0.1, -0.05) is 18.2 Å². The lowest BCUT2D eigenvalue weighted by Gasteiger charge is -2.56. The standard InChI is InChI=1S/C19H23N3O/c23-18(17-15-3-1-2-4-16(15)21-22-17)20-11-19-8-12-5-13(9-19)7-14(6-12)10-19/h1-4,12-14H,5-11H2,(H,20,23)(H,21,22). The summed E-state index contributed by atoms with van der Waals surface area (Å²) in [4.78, 5) is 12.6. The minimum atomic E-state index is -0.0294. The van der Waals surface area contributed by atoms with Gasteiger partial charge >= 0.3 is 0 Å². The second kappa shape index (κ2) is 4.83. The molecule has 4 heteroatoms. The van der Waals surface area contributed by atoms with E-state index >= 15 is 0 Å². The molecule has 0 aliphatic heterocycles. The Morgan fingerprint density at radius 2 is 1.78 bits per heavy atom. The number of rotatable bonds is 3. The number of hydrogen-bond acceptors (Lipinski definition) is 2. The van der Waals surface area contributed by atoms with Crippen molar-refractivity contribution in [2.24, 2.45) is 23.2 Å². The van der Waals surface area contributed by atoms with Crippen LogP contribution < -0.4 is 5.32 Å². The van der Waals surface area contributed by atoms with Crippen LogP contribution in [-0.4, -0.2) is 22.6 Å². The third-order valence-electron chi connectivity index (χ3n) is 6.47. The monoisotopic (exact) mass is 309 g/mol. The van der Waals surface area contributed by atoms with Gasteiger partial charge in [0.15, 0.2) is 5.69 Å². The molecule has 2 aromatic rings. The number of aromatic nitrogens is 2. The number of hydrogen-bond donors (Lipinski definition) is 2. The minimum Gasteiger partial charge on any atom is -0.350 e. The number of H-pyrrole nitrogens is 1. The van der Waals surface area contributed by atoms with Crippen LogP contribution in [0.3, 0.4) is 0 Å². The molecule has 4 nitrogen and oxygen atoms in total. The van der Waals surface area contributed by atoms with Crippen LogP contribution in [0.4, 0.5) is 0 Å². The SMILES string of the molecule is O=C(NCC12CC3CC(CC(C3)C1)C2)c1n[nH]c2ccccc12. The Bertz CT molecular complexity index is 728. The van der Waals surface area contributed by atoms with Crippen molar-refractivity contribution in [2.75, 3.05) is 6.54 Å². The first-order chi connectivity index (χ1) is 11.2. The molecule has 2 N–H and O–H groups in total. The molecule has 0 spiro atoms. The molecule has 1 aromatic heterocycles. The van der Waals surface area contributed by atoms with Crippen LogP contribution in [0.15, 0.2) is 24.3 Å². The van der Waals surface area contributed by atoms with E-state index in [1.807, 2.05) is 24.3 Å². The van der Waals surface area contributed by atoms with Gasteiger partial charge in [-0.2, -0.15) is 5.10 Å². The van der Waals surface area contributed by atoms with Crippen LogP contribution in [0.25, 0.3) is 10.9 Å². The fourth-order valence-electron chi connectivity index (χ4n) is 5.99. The molecule has 120 valence electrons. The number of aromatic amines is 1. The molecule has 4 aliphatic rings. The zero-order valence-electron chi connectivity index (χ0n) is 13.3. The van der Waals surface area contributed by atoms with E-state index in [1.54, 1.807) is 0 Å². The van der Waals surface area contributed by atoms with Gasteiger partial charge in [-0.25, -0.2) is 0 Å². The third kappa shape index (κ3) is 2.19. The van der Waals surface area contributed by atoms with E-state index in [2.05, 4.69) is 15.5 Å². The van der Waals surface area contributed by atoms with Crippen LogP contribution in [0.1, 0.15) is 49.0 Å². The second-order valence-corrected chi connectivity index (χ2v) is 8.22. The summed E-state index contributed by atoms with van der Waals surface area (Å²) in [6.07, 6.45) is 8.29. The summed E-state index contributed by atoms with van der Waals surface area (Å²) in [5.74, 6) is 2.73. The van der Waals surface area contributed by atoms with E-state index in [4.69, 9.17) is 0 Å². The number of fused-ring (bicyclic) bond motifs is 1. The number of para-hydroxylation sites is 1. The maximum Gasteiger partial charge on any atom is 0.272 e. The van der Waals surface area contributed by atoms with Crippen molar-refractivity contribution < 1.29 is 4.79 Å². The van der Waals surface area contributed by atoms with E-state index in [0.29, 0.717) is 11.1 Å². The van der Waals surface area contributed by atoms with Crippen molar-refractivity contribution in [3.63, 3.8) is 0 Å². The van der Waals surface area contributed by atoms with Gasteiger partial charge in [-0.15, -0.1) is 0 Å². The molecular formula is C19H23N3O. The summed E-state index contributed by atoms with van der Waals surface area (Å²) in [6.45, 7) is 0.830. The molecule has 4 fully saturated rings. The Labute approximate surface area is 136 Å². The van der Waals surface area contributed by atoms with Crippen LogP contribution in [-0.2, 0) is 0 Å². The van der Waals surface area contributed by atoms with Crippen LogP contribution in [0.2, 0.25) is 0 Å². The molecule has 0 radical (unpaired) electrons. The fraction of sp³-hybridized carbons (Fsp3) is 0.579. The third-order valence-corrected chi connectivity index (χ3v) is 6.47. The molecule has 4 aliphatic carbocycles. The highest BCUT2D eigenvalue weighted by Gasteiger charge is 2.50. The highest BCUT2D eigenvalue weighted by Crippen LogP contribution is 2.59. The zero-order chi connectivity index (χ0) is 15.4. The maximum atomic E-state index is 12.6. The van der Waals surface area contributed by atoms with Gasteiger partial charge in [0.05, 0.1) is 5.52 Å². The van der Waals surface area contributed by atoms with Gasteiger partial charge in [0.1, 0.15) is 0 Å². The van der Waals surface area contributed by atoms with Gasteiger partial charge in [-0.05, 0) is 67.8 Å². The van der Waals surface area contributed by atoms with E-state index in [0.717, 1.165) is 35.2 Å². The van der Waals surface area contributed by atoms with Crippen LogP contribution in [0.5, 0.6) is 0 Å². The van der Waals surface area contributed by atoms with Crippen molar-refractivity contribution in [3.8, 4) is 0 Å². The average Bonchev–Trinajstić information content (AvgIpc) is 2.95. The number of nitrogens with one attached hydrogen (secondary N) is 2. The predicted octanol–water partition coefficient (Wildman–Crippen LogP) is 3.51. The van der Waals surface area contributed by atoms with Gasteiger partial charge in [0, 0.05) is 11.9 Å². The smallest absolute Gasteiger partial charge is 0.272 e. The Morgan fingerprint density at radius 3 is 2.48 bits per heavy atom. The lowest BCUT2D eigenvalue weighted by atomic mass is 9.49. The van der Waals surface area contributed by atoms with Gasteiger partial charge in [0.25, 0.3) is 5.91 Å². The molecular weight excluding hydrogens is 286 g/mol. The summed E-state index contributed by atoms with van der Waals surface area (Å²) in [5.41, 5.74) is 1.83. The molecule has 1 amide bonds. The maximum absolute atomic E-state index is 12.6. The van der Waals surface area contributed by atoms with Gasteiger partial charge < -0.3 is 5.32 Å². The van der Waals surface area contributed by atoms with E-state index in [9.17, 15) is 4.79 Å². The Morgan fingerprint density at radius 1 is 1.13 bits per heavy atom. The van der Waals surface area contributed by atoms with Crippen molar-refractivity contribution in [3.05, 3.63) is 30.0 Å². The molecule has 23 heavy (non-hydrogen) atoms. The number of amides is 1. The molecule has 0 unspecified atom stereocenters. The lowest BCUT2D eigenvalue weighted by Crippen LogP contribution is -2.51. The molecule has 0 saturated heterocycles. The summed E-state index contributed by atoms with van der Waals surface area (Å²) in [5, 5.41) is 11.3.